The Morgan fingerprint density at radius 1 is 1.46 bits per heavy atom. The van der Waals surface area contributed by atoms with Crippen LogP contribution in [0.25, 0.3) is 0 Å². The lowest BCUT2D eigenvalue weighted by atomic mass is 10.1. The Morgan fingerprint density at radius 3 is 3.00 bits per heavy atom. The van der Waals surface area contributed by atoms with Crippen LogP contribution in [0.15, 0.2) is 12.1 Å². The monoisotopic (exact) mass is 347 g/mol. The third-order valence-electron chi connectivity index (χ3n) is 3.84. The van der Waals surface area contributed by atoms with Gasteiger partial charge in [0.25, 0.3) is 0 Å². The van der Waals surface area contributed by atoms with Crippen LogP contribution in [0.5, 0.6) is 0 Å². The molecule has 1 aliphatic rings. The number of aromatic nitrogens is 3. The highest BCUT2D eigenvalue weighted by Gasteiger charge is 2.25. The largest absolute Gasteiger partial charge is 0.368 e. The van der Waals surface area contributed by atoms with Gasteiger partial charge in [0.05, 0.1) is 18.8 Å². The molecule has 1 fully saturated rings. The normalized spacial score (nSPS) is 17.8. The molecule has 0 aromatic carbocycles. The highest BCUT2D eigenvalue weighted by atomic mass is 32.1. The van der Waals surface area contributed by atoms with E-state index in [1.165, 1.54) is 0 Å². The van der Waals surface area contributed by atoms with Gasteiger partial charge in [-0.15, -0.1) is 10.2 Å². The number of amides is 1. The average Bonchev–Trinajstić information content (AvgIpc) is 3.02. The number of hydrogen-bond donors (Lipinski definition) is 1. The van der Waals surface area contributed by atoms with E-state index < -0.39 is 0 Å². The van der Waals surface area contributed by atoms with Gasteiger partial charge in [0, 0.05) is 24.8 Å². The topological polar surface area (TPSA) is 80.2 Å². The molecule has 8 heteroatoms. The molecule has 0 spiro atoms. The van der Waals surface area contributed by atoms with Gasteiger partial charge in [0.2, 0.25) is 11.0 Å². The molecular weight excluding hydrogens is 326 g/mol. The van der Waals surface area contributed by atoms with Crippen LogP contribution in [0.4, 0.5) is 10.8 Å². The molecule has 2 aromatic heterocycles. The first-order chi connectivity index (χ1) is 11.5. The number of carbonyl (C=O) groups excluding carboxylic acids is 1. The Bertz CT molecular complexity index is 733. The molecule has 3 heterocycles. The molecule has 128 valence electrons. The number of pyridine rings is 1. The predicted molar refractivity (Wildman–Crippen MR) is 92.5 cm³/mol. The molecule has 7 nitrogen and oxygen atoms in total. The fourth-order valence-electron chi connectivity index (χ4n) is 2.62. The lowest BCUT2D eigenvalue weighted by Crippen LogP contribution is -2.41. The zero-order valence-corrected chi connectivity index (χ0v) is 14.9. The van der Waals surface area contributed by atoms with Gasteiger partial charge in [-0.2, -0.15) is 0 Å². The predicted octanol–water partition coefficient (Wildman–Crippen LogP) is 2.47. The van der Waals surface area contributed by atoms with Crippen LogP contribution < -0.4 is 5.32 Å². The highest BCUT2D eigenvalue weighted by Crippen LogP contribution is 2.26. The Labute approximate surface area is 145 Å². The van der Waals surface area contributed by atoms with Crippen molar-refractivity contribution in [1.29, 1.82) is 0 Å². The van der Waals surface area contributed by atoms with Gasteiger partial charge < -0.3 is 15.0 Å². The van der Waals surface area contributed by atoms with Gasteiger partial charge in [-0.3, -0.25) is 9.78 Å². The minimum Gasteiger partial charge on any atom is -0.368 e. The summed E-state index contributed by atoms with van der Waals surface area (Å²) >= 11 is 1.54. The van der Waals surface area contributed by atoms with Crippen LogP contribution in [0.3, 0.4) is 0 Å². The second-order valence-corrected chi connectivity index (χ2v) is 6.79. The Morgan fingerprint density at radius 2 is 2.29 bits per heavy atom. The number of anilines is 2. The van der Waals surface area contributed by atoms with E-state index in [0.29, 0.717) is 19.7 Å². The highest BCUT2D eigenvalue weighted by molar-refractivity contribution is 7.15. The zero-order valence-electron chi connectivity index (χ0n) is 14.1. The molecule has 1 saturated heterocycles. The molecule has 0 saturated carbocycles. The number of aryl methyl sites for hydroxylation is 2. The first kappa shape index (κ1) is 16.8. The smallest absolute Gasteiger partial charge is 0.219 e. The van der Waals surface area contributed by atoms with Gasteiger partial charge in [-0.05, 0) is 25.5 Å². The molecule has 0 bridgehead atoms. The molecule has 0 radical (unpaired) electrons. The Hall–Kier alpha value is -2.06. The minimum atomic E-state index is -0.205. The number of ether oxygens (including phenoxy) is 1. The standard InChI is InChI=1S/C16H21N5O2S/c1-4-15-19-20-16(24-15)18-12-7-10(2)17-13(8-12)14-9-21(11(3)22)5-6-23-14/h7-8,14H,4-6,9H2,1-3H3,(H,17,18,20)/t14-/m0/s1. The van der Waals surface area contributed by atoms with Crippen LogP contribution in [0.2, 0.25) is 0 Å². The first-order valence-electron chi connectivity index (χ1n) is 8.00. The molecule has 1 N–H and O–H groups in total. The summed E-state index contributed by atoms with van der Waals surface area (Å²) in [6.45, 7) is 7.27. The summed E-state index contributed by atoms with van der Waals surface area (Å²) in [5, 5.41) is 13.3. The van der Waals surface area contributed by atoms with Crippen molar-refractivity contribution < 1.29 is 9.53 Å². The van der Waals surface area contributed by atoms with E-state index in [4.69, 9.17) is 4.74 Å². The number of nitrogens with one attached hydrogen (secondary N) is 1. The Kier molecular flexibility index (Phi) is 5.06. The maximum absolute atomic E-state index is 11.6. The molecule has 0 aliphatic carbocycles. The molecule has 1 aliphatic heterocycles. The van der Waals surface area contributed by atoms with Crippen molar-refractivity contribution in [2.75, 3.05) is 25.0 Å². The van der Waals surface area contributed by atoms with Crippen LogP contribution in [-0.4, -0.2) is 45.7 Å². The third-order valence-corrected chi connectivity index (χ3v) is 4.82. The summed E-state index contributed by atoms with van der Waals surface area (Å²) < 4.78 is 5.82. The molecular formula is C16H21N5O2S. The van der Waals surface area contributed by atoms with E-state index in [9.17, 15) is 4.79 Å². The number of hydrogen-bond acceptors (Lipinski definition) is 7. The summed E-state index contributed by atoms with van der Waals surface area (Å²) in [6.07, 6.45) is 0.667. The second-order valence-electron chi connectivity index (χ2n) is 5.73. The van der Waals surface area contributed by atoms with E-state index in [1.807, 2.05) is 19.1 Å². The van der Waals surface area contributed by atoms with Gasteiger partial charge in [-0.25, -0.2) is 0 Å². The molecule has 24 heavy (non-hydrogen) atoms. The first-order valence-corrected chi connectivity index (χ1v) is 8.82. The summed E-state index contributed by atoms with van der Waals surface area (Å²) in [5.41, 5.74) is 2.61. The van der Waals surface area contributed by atoms with Gasteiger partial charge in [0.15, 0.2) is 0 Å². The second kappa shape index (κ2) is 7.23. The summed E-state index contributed by atoms with van der Waals surface area (Å²) in [6, 6.07) is 3.91. The number of morpholine rings is 1. The summed E-state index contributed by atoms with van der Waals surface area (Å²) in [7, 11) is 0. The van der Waals surface area contributed by atoms with Crippen LogP contribution in [0, 0.1) is 6.92 Å². The van der Waals surface area contributed by atoms with Crippen molar-refractivity contribution in [3.8, 4) is 0 Å². The summed E-state index contributed by atoms with van der Waals surface area (Å²) in [5.74, 6) is 0.0651. The number of nitrogens with zero attached hydrogens (tertiary/aromatic N) is 4. The van der Waals surface area contributed by atoms with Gasteiger partial charge in [-0.1, -0.05) is 18.3 Å². The van der Waals surface area contributed by atoms with Crippen molar-refractivity contribution in [2.45, 2.75) is 33.3 Å². The average molecular weight is 347 g/mol. The molecule has 1 amide bonds. The fraction of sp³-hybridized carbons (Fsp3) is 0.500. The van der Waals surface area contributed by atoms with Crippen molar-refractivity contribution in [2.24, 2.45) is 0 Å². The van der Waals surface area contributed by atoms with Crippen LogP contribution in [-0.2, 0) is 16.0 Å². The maximum atomic E-state index is 11.6. The quantitative estimate of drug-likeness (QED) is 0.915. The summed E-state index contributed by atoms with van der Waals surface area (Å²) in [4.78, 5) is 18.0. The molecule has 1 atom stereocenters. The van der Waals surface area contributed by atoms with Crippen molar-refractivity contribution in [3.05, 3.63) is 28.5 Å². The molecule has 2 aromatic rings. The van der Waals surface area contributed by atoms with Gasteiger partial charge in [0.1, 0.15) is 11.1 Å². The van der Waals surface area contributed by atoms with Crippen LogP contribution >= 0.6 is 11.3 Å². The Balaban J connectivity index is 1.79. The fourth-order valence-corrected chi connectivity index (χ4v) is 3.32. The maximum Gasteiger partial charge on any atom is 0.219 e. The minimum absolute atomic E-state index is 0.0651. The van der Waals surface area contributed by atoms with Gasteiger partial charge >= 0.3 is 0 Å². The number of carbonyl (C=O) groups is 1. The van der Waals surface area contributed by atoms with E-state index in [2.05, 4.69) is 27.4 Å². The van der Waals surface area contributed by atoms with E-state index >= 15 is 0 Å². The van der Waals surface area contributed by atoms with E-state index in [0.717, 1.165) is 33.6 Å². The van der Waals surface area contributed by atoms with Crippen LogP contribution in [0.1, 0.15) is 36.3 Å². The van der Waals surface area contributed by atoms with E-state index in [-0.39, 0.29) is 12.0 Å². The molecule has 0 unspecified atom stereocenters. The lowest BCUT2D eigenvalue weighted by Gasteiger charge is -2.32. The lowest BCUT2D eigenvalue weighted by molar-refractivity contribution is -0.136. The van der Waals surface area contributed by atoms with Crippen molar-refractivity contribution >= 4 is 28.1 Å². The third kappa shape index (κ3) is 3.88. The zero-order chi connectivity index (χ0) is 17.1. The number of rotatable bonds is 4. The van der Waals surface area contributed by atoms with E-state index in [1.54, 1.807) is 23.2 Å². The van der Waals surface area contributed by atoms with Crippen molar-refractivity contribution in [1.82, 2.24) is 20.1 Å². The molecule has 3 rings (SSSR count). The SMILES string of the molecule is CCc1nnc(Nc2cc(C)nc([C@@H]3CN(C(C)=O)CCO3)c2)s1. The van der Waals surface area contributed by atoms with Crippen molar-refractivity contribution in [3.63, 3.8) is 0 Å².